The van der Waals surface area contributed by atoms with Crippen LogP contribution in [0.1, 0.15) is 69.9 Å². The summed E-state index contributed by atoms with van der Waals surface area (Å²) >= 11 is 0. The summed E-state index contributed by atoms with van der Waals surface area (Å²) in [6.45, 7) is 7.72. The molecule has 1 saturated heterocycles. The van der Waals surface area contributed by atoms with Crippen LogP contribution < -0.4 is 15.8 Å². The second kappa shape index (κ2) is 12.3. The number of methoxy groups -OCH3 is 1. The van der Waals surface area contributed by atoms with Crippen molar-refractivity contribution in [3.63, 3.8) is 0 Å². The van der Waals surface area contributed by atoms with Gasteiger partial charge in [-0.25, -0.2) is 15.0 Å². The Morgan fingerprint density at radius 3 is 2.60 bits per heavy atom. The van der Waals surface area contributed by atoms with Gasteiger partial charge in [-0.15, -0.1) is 0 Å². The number of ether oxygens (including phenoxy) is 1. The third kappa shape index (κ3) is 5.68. The lowest BCUT2D eigenvalue weighted by molar-refractivity contribution is -0.0168. The molecular formula is C36H43N9O3. The van der Waals surface area contributed by atoms with E-state index in [0.717, 1.165) is 58.8 Å². The number of carbonyl (C=O) groups excluding carboxylic acids is 2. The Hall–Kier alpha value is -4.81. The molecule has 5 heterocycles. The minimum atomic E-state index is -0.321. The van der Waals surface area contributed by atoms with E-state index in [-0.39, 0.29) is 23.9 Å². The number of aromatic nitrogens is 5. The van der Waals surface area contributed by atoms with Crippen molar-refractivity contribution < 1.29 is 14.3 Å². The van der Waals surface area contributed by atoms with E-state index < -0.39 is 0 Å². The molecule has 48 heavy (non-hydrogen) atoms. The fraction of sp³-hybridized carbons (Fsp3) is 0.417. The monoisotopic (exact) mass is 649 g/mol. The van der Waals surface area contributed by atoms with Gasteiger partial charge in [0.2, 0.25) is 0 Å². The molecule has 1 saturated carbocycles. The zero-order chi connectivity index (χ0) is 33.9. The number of amides is 2. The predicted octanol–water partition coefficient (Wildman–Crippen LogP) is 4.53. The van der Waals surface area contributed by atoms with Gasteiger partial charge in [0.1, 0.15) is 16.9 Å². The van der Waals surface area contributed by atoms with E-state index >= 15 is 0 Å². The van der Waals surface area contributed by atoms with Crippen LogP contribution in [-0.2, 0) is 13.6 Å². The number of aryl methyl sites for hydroxylation is 3. The fourth-order valence-electron chi connectivity index (χ4n) is 6.82. The molecule has 2 amide bonds. The van der Waals surface area contributed by atoms with Gasteiger partial charge in [0.15, 0.2) is 5.82 Å². The van der Waals surface area contributed by atoms with Crippen molar-refractivity contribution >= 4 is 33.9 Å². The summed E-state index contributed by atoms with van der Waals surface area (Å²) in [6, 6.07) is 11.3. The van der Waals surface area contributed by atoms with Gasteiger partial charge >= 0.3 is 0 Å². The van der Waals surface area contributed by atoms with Gasteiger partial charge in [-0.2, -0.15) is 0 Å². The highest BCUT2D eigenvalue weighted by Crippen LogP contribution is 2.38. The molecule has 1 aliphatic carbocycles. The number of nitrogens with one attached hydrogen (secondary N) is 1. The first-order valence-corrected chi connectivity index (χ1v) is 16.6. The van der Waals surface area contributed by atoms with E-state index in [0.29, 0.717) is 40.5 Å². The predicted molar refractivity (Wildman–Crippen MR) is 185 cm³/mol. The first kappa shape index (κ1) is 31.8. The molecule has 3 N–H and O–H groups in total. The van der Waals surface area contributed by atoms with Crippen LogP contribution in [-0.4, -0.2) is 79.2 Å². The number of carbonyl (C=O) groups is 2. The molecule has 0 radical (unpaired) electrons. The molecule has 0 spiro atoms. The number of hydrazine groups is 1. The standard InChI is InChI=1S/C36H43N9O3/c1-20-11-13-38-22(3)31(20)35(46)39-21(2)27-10-9-24-16-29(44(33(24)40-27)18-23-7-8-23)34-41-28-15-25(17-30(48-6)32(28)43(34)5)36(47)45-19-26(37)12-14-42(45)4/h9-11,13,15-17,21,23,26H,7-8,12,14,18-19,37H2,1-6H3,(H,39,46)/t21-,26-/m1/s1. The molecule has 0 unspecified atom stereocenters. The first-order chi connectivity index (χ1) is 23.0. The lowest BCUT2D eigenvalue weighted by Gasteiger charge is -2.38. The number of nitrogens with two attached hydrogens (primary N) is 1. The molecular weight excluding hydrogens is 606 g/mol. The van der Waals surface area contributed by atoms with Crippen LogP contribution in [0.4, 0.5) is 0 Å². The molecule has 12 heteroatoms. The highest BCUT2D eigenvalue weighted by molar-refractivity contribution is 6.00. The highest BCUT2D eigenvalue weighted by atomic mass is 16.5. The second-order valence-electron chi connectivity index (χ2n) is 13.4. The summed E-state index contributed by atoms with van der Waals surface area (Å²) in [7, 11) is 5.50. The minimum Gasteiger partial charge on any atom is -0.494 e. The molecule has 250 valence electrons. The molecule has 2 aliphatic rings. The maximum atomic E-state index is 13.7. The molecule has 1 aromatic carbocycles. The average molecular weight is 650 g/mol. The number of nitrogens with zero attached hydrogens (tertiary/aromatic N) is 7. The maximum Gasteiger partial charge on any atom is 0.268 e. The smallest absolute Gasteiger partial charge is 0.268 e. The Kier molecular flexibility index (Phi) is 8.16. The molecule has 5 aromatic rings. The third-order valence-corrected chi connectivity index (χ3v) is 9.78. The largest absolute Gasteiger partial charge is 0.494 e. The SMILES string of the molecule is COc1cc(C(=O)N2C[C@H](N)CCN2C)cc2nc(-c3cc4ccc([C@@H](C)NC(=O)c5c(C)ccnc5C)nc4n3CC3CC3)n(C)c12. The van der Waals surface area contributed by atoms with Crippen molar-refractivity contribution in [3.8, 4) is 17.3 Å². The van der Waals surface area contributed by atoms with Crippen LogP contribution in [0.25, 0.3) is 33.6 Å². The van der Waals surface area contributed by atoms with Crippen LogP contribution in [0.15, 0.2) is 42.6 Å². The van der Waals surface area contributed by atoms with Gasteiger partial charge in [-0.1, -0.05) is 0 Å². The molecule has 0 bridgehead atoms. The van der Waals surface area contributed by atoms with Crippen molar-refractivity contribution in [3.05, 3.63) is 70.7 Å². The van der Waals surface area contributed by atoms with Crippen molar-refractivity contribution in [2.45, 2.75) is 58.7 Å². The number of hydrogen-bond donors (Lipinski definition) is 2. The van der Waals surface area contributed by atoms with Crippen molar-refractivity contribution in [2.24, 2.45) is 18.7 Å². The molecule has 4 aromatic heterocycles. The van der Waals surface area contributed by atoms with E-state index in [1.807, 2.05) is 62.6 Å². The summed E-state index contributed by atoms with van der Waals surface area (Å²) in [5.74, 6) is 1.61. The Morgan fingerprint density at radius 1 is 1.08 bits per heavy atom. The van der Waals surface area contributed by atoms with E-state index in [1.165, 1.54) is 12.8 Å². The van der Waals surface area contributed by atoms with Crippen LogP contribution in [0, 0.1) is 19.8 Å². The van der Waals surface area contributed by atoms with Crippen LogP contribution in [0.2, 0.25) is 0 Å². The first-order valence-electron chi connectivity index (χ1n) is 16.6. The number of imidazole rings is 1. The van der Waals surface area contributed by atoms with Crippen molar-refractivity contribution in [2.75, 3.05) is 27.2 Å². The second-order valence-corrected chi connectivity index (χ2v) is 13.4. The third-order valence-electron chi connectivity index (χ3n) is 9.78. The average Bonchev–Trinajstić information content (AvgIpc) is 3.74. The Bertz CT molecular complexity index is 2040. The highest BCUT2D eigenvalue weighted by Gasteiger charge is 2.30. The van der Waals surface area contributed by atoms with E-state index in [1.54, 1.807) is 24.4 Å². The summed E-state index contributed by atoms with van der Waals surface area (Å²) in [5.41, 5.74) is 12.9. The summed E-state index contributed by atoms with van der Waals surface area (Å²) < 4.78 is 10.1. The number of fused-ring (bicyclic) bond motifs is 2. The van der Waals surface area contributed by atoms with Gasteiger partial charge < -0.3 is 24.9 Å². The fourth-order valence-corrected chi connectivity index (χ4v) is 6.82. The van der Waals surface area contributed by atoms with Crippen molar-refractivity contribution in [1.82, 2.24) is 39.4 Å². The zero-order valence-corrected chi connectivity index (χ0v) is 28.4. The quantitative estimate of drug-likeness (QED) is 0.250. The van der Waals surface area contributed by atoms with Gasteiger partial charge in [0.25, 0.3) is 11.8 Å². The van der Waals surface area contributed by atoms with E-state index in [2.05, 4.69) is 27.0 Å². The minimum absolute atomic E-state index is 0.0615. The Morgan fingerprint density at radius 2 is 1.88 bits per heavy atom. The summed E-state index contributed by atoms with van der Waals surface area (Å²) in [4.78, 5) is 41.5. The van der Waals surface area contributed by atoms with E-state index in [4.69, 9.17) is 20.4 Å². The van der Waals surface area contributed by atoms with Gasteiger partial charge in [0.05, 0.1) is 47.9 Å². The van der Waals surface area contributed by atoms with Crippen LogP contribution >= 0.6 is 0 Å². The zero-order valence-electron chi connectivity index (χ0n) is 28.4. The van der Waals surface area contributed by atoms with Gasteiger partial charge in [-0.05, 0) is 87.9 Å². The maximum absolute atomic E-state index is 13.7. The number of rotatable bonds is 8. The van der Waals surface area contributed by atoms with E-state index in [9.17, 15) is 9.59 Å². The summed E-state index contributed by atoms with van der Waals surface area (Å²) in [6.07, 6.45) is 4.91. The van der Waals surface area contributed by atoms with Crippen LogP contribution in [0.3, 0.4) is 0 Å². The number of hydrogen-bond acceptors (Lipinski definition) is 8. The normalized spacial score (nSPS) is 17.6. The van der Waals surface area contributed by atoms with Gasteiger partial charge in [0, 0.05) is 50.4 Å². The molecule has 2 atom stereocenters. The molecule has 12 nitrogen and oxygen atoms in total. The number of pyridine rings is 2. The number of benzene rings is 1. The van der Waals surface area contributed by atoms with Crippen molar-refractivity contribution in [1.29, 1.82) is 0 Å². The molecule has 7 rings (SSSR count). The van der Waals surface area contributed by atoms with Gasteiger partial charge in [-0.3, -0.25) is 19.6 Å². The lowest BCUT2D eigenvalue weighted by Crippen LogP contribution is -2.55. The molecule has 2 fully saturated rings. The Balaban J connectivity index is 1.27. The topological polar surface area (TPSA) is 136 Å². The van der Waals surface area contributed by atoms with Crippen LogP contribution in [0.5, 0.6) is 5.75 Å². The summed E-state index contributed by atoms with van der Waals surface area (Å²) in [5, 5.41) is 7.76. The lowest BCUT2D eigenvalue weighted by atomic mass is 10.1. The molecule has 1 aliphatic heterocycles. The Labute approximate surface area is 279 Å².